The molecule has 18 heavy (non-hydrogen) atoms. The van der Waals surface area contributed by atoms with E-state index >= 15 is 0 Å². The van der Waals surface area contributed by atoms with Gasteiger partial charge in [0.1, 0.15) is 5.75 Å². The maximum absolute atomic E-state index is 11.3. The van der Waals surface area contributed by atoms with Crippen LogP contribution in [-0.2, 0) is 17.2 Å². The van der Waals surface area contributed by atoms with Crippen LogP contribution in [0.15, 0.2) is 18.2 Å². The average molecular weight is 267 g/mol. The fourth-order valence-electron chi connectivity index (χ4n) is 2.13. The predicted octanol–water partition coefficient (Wildman–Crippen LogP) is 2.04. The number of hydrogen-bond acceptors (Lipinski definition) is 3. The summed E-state index contributed by atoms with van der Waals surface area (Å²) in [4.78, 5) is 0. The highest BCUT2D eigenvalue weighted by Crippen LogP contribution is 2.27. The third-order valence-corrected chi connectivity index (χ3v) is 4.62. The van der Waals surface area contributed by atoms with E-state index in [4.69, 9.17) is 4.74 Å². The number of rotatable bonds is 6. The highest BCUT2D eigenvalue weighted by atomic mass is 32.2. The molecule has 1 aromatic rings. The van der Waals surface area contributed by atoms with E-state index in [0.29, 0.717) is 6.04 Å². The molecule has 0 radical (unpaired) electrons. The monoisotopic (exact) mass is 267 g/mol. The summed E-state index contributed by atoms with van der Waals surface area (Å²) in [6.07, 6.45) is 1.01. The summed E-state index contributed by atoms with van der Waals surface area (Å²) >= 11 is 0. The highest BCUT2D eigenvalue weighted by molar-refractivity contribution is 7.84. The first-order valence-corrected chi connectivity index (χ1v) is 8.03. The maximum atomic E-state index is 11.3. The van der Waals surface area contributed by atoms with E-state index in [2.05, 4.69) is 30.4 Å². The molecule has 1 aliphatic rings. The van der Waals surface area contributed by atoms with Gasteiger partial charge in [-0.1, -0.05) is 19.1 Å². The average Bonchev–Trinajstić information content (AvgIpc) is 2.85. The molecule has 0 aliphatic carbocycles. The summed E-state index contributed by atoms with van der Waals surface area (Å²) in [6, 6.07) is 6.68. The molecule has 4 heteroatoms. The lowest BCUT2D eigenvalue weighted by molar-refractivity contribution is 0.356. The number of ether oxygens (including phenoxy) is 1. The summed E-state index contributed by atoms with van der Waals surface area (Å²) in [5.41, 5.74) is 2.58. The van der Waals surface area contributed by atoms with E-state index in [1.807, 2.05) is 6.92 Å². The van der Waals surface area contributed by atoms with Gasteiger partial charge in [0, 0.05) is 41.3 Å². The molecule has 0 aromatic heterocycles. The van der Waals surface area contributed by atoms with Crippen LogP contribution in [0.5, 0.6) is 5.75 Å². The number of fused-ring (bicyclic) bond motifs is 1. The van der Waals surface area contributed by atoms with Gasteiger partial charge >= 0.3 is 0 Å². The molecule has 1 aliphatic heterocycles. The van der Waals surface area contributed by atoms with E-state index < -0.39 is 10.8 Å². The van der Waals surface area contributed by atoms with E-state index in [0.717, 1.165) is 36.8 Å². The molecule has 2 unspecified atom stereocenters. The van der Waals surface area contributed by atoms with Crippen LogP contribution in [0.1, 0.15) is 31.0 Å². The molecule has 100 valence electrons. The first-order chi connectivity index (χ1) is 8.70. The van der Waals surface area contributed by atoms with E-state index in [1.165, 1.54) is 11.1 Å². The summed E-state index contributed by atoms with van der Waals surface area (Å²) < 4.78 is 16.8. The lowest BCUT2D eigenvalue weighted by atomic mass is 10.0. The van der Waals surface area contributed by atoms with Crippen LogP contribution in [0.3, 0.4) is 0 Å². The highest BCUT2D eigenvalue weighted by Gasteiger charge is 2.14. The summed E-state index contributed by atoms with van der Waals surface area (Å²) in [6.45, 7) is 5.71. The summed E-state index contributed by atoms with van der Waals surface area (Å²) in [7, 11) is -0.682. The molecule has 1 aromatic carbocycles. The van der Waals surface area contributed by atoms with Gasteiger partial charge < -0.3 is 10.1 Å². The van der Waals surface area contributed by atoms with Crippen LogP contribution >= 0.6 is 0 Å². The Morgan fingerprint density at radius 3 is 3.11 bits per heavy atom. The lowest BCUT2D eigenvalue weighted by Gasteiger charge is -2.15. The largest absolute Gasteiger partial charge is 0.493 e. The zero-order valence-corrected chi connectivity index (χ0v) is 11.9. The molecule has 0 amide bonds. The molecule has 0 saturated carbocycles. The van der Waals surface area contributed by atoms with Crippen molar-refractivity contribution in [2.75, 3.05) is 24.7 Å². The molecule has 0 bridgehead atoms. The summed E-state index contributed by atoms with van der Waals surface area (Å²) in [5.74, 6) is 2.50. The topological polar surface area (TPSA) is 38.3 Å². The molecule has 0 spiro atoms. The Morgan fingerprint density at radius 1 is 1.50 bits per heavy atom. The fraction of sp³-hybridized carbons (Fsp3) is 0.571. The van der Waals surface area contributed by atoms with Gasteiger partial charge in [-0.25, -0.2) is 0 Å². The van der Waals surface area contributed by atoms with Gasteiger partial charge in [0.25, 0.3) is 0 Å². The lowest BCUT2D eigenvalue weighted by Crippen LogP contribution is -2.24. The van der Waals surface area contributed by atoms with Gasteiger partial charge in [-0.15, -0.1) is 0 Å². The van der Waals surface area contributed by atoms with Crippen molar-refractivity contribution in [3.8, 4) is 5.75 Å². The van der Waals surface area contributed by atoms with E-state index in [9.17, 15) is 4.21 Å². The Hall–Kier alpha value is -0.870. The van der Waals surface area contributed by atoms with E-state index in [1.54, 1.807) is 0 Å². The Labute approximate surface area is 111 Å². The standard InChI is InChI=1S/C14H21NO2S/c1-3-18(16)9-7-15-11(2)12-4-5-14-13(10-12)6-8-17-14/h4-5,10-11,15H,3,6-9H2,1-2H3. The second-order valence-electron chi connectivity index (χ2n) is 4.57. The molecular formula is C14H21NO2S. The molecule has 0 fully saturated rings. The van der Waals surface area contributed by atoms with Crippen molar-refractivity contribution in [2.45, 2.75) is 26.3 Å². The van der Waals surface area contributed by atoms with Crippen molar-refractivity contribution in [2.24, 2.45) is 0 Å². The molecule has 1 N–H and O–H groups in total. The molecule has 0 saturated heterocycles. The SMILES string of the molecule is CCS(=O)CCNC(C)c1ccc2c(c1)CCO2. The Bertz CT molecular complexity index is 434. The quantitative estimate of drug-likeness (QED) is 0.857. The summed E-state index contributed by atoms with van der Waals surface area (Å²) in [5, 5.41) is 3.42. The molecule has 1 heterocycles. The van der Waals surface area contributed by atoms with Gasteiger partial charge in [-0.2, -0.15) is 0 Å². The zero-order valence-electron chi connectivity index (χ0n) is 11.1. The van der Waals surface area contributed by atoms with Crippen LogP contribution in [0, 0.1) is 0 Å². The number of benzene rings is 1. The molecule has 2 rings (SSSR count). The van der Waals surface area contributed by atoms with Crippen LogP contribution < -0.4 is 10.1 Å². The zero-order chi connectivity index (χ0) is 13.0. The number of hydrogen-bond donors (Lipinski definition) is 1. The van der Waals surface area contributed by atoms with Crippen LogP contribution in [0.25, 0.3) is 0 Å². The second-order valence-corrected chi connectivity index (χ2v) is 6.44. The number of nitrogens with one attached hydrogen (secondary N) is 1. The van der Waals surface area contributed by atoms with Crippen LogP contribution in [0.4, 0.5) is 0 Å². The van der Waals surface area contributed by atoms with Crippen LogP contribution in [-0.4, -0.2) is 28.9 Å². The Balaban J connectivity index is 1.89. The predicted molar refractivity (Wildman–Crippen MR) is 75.6 cm³/mol. The maximum Gasteiger partial charge on any atom is 0.122 e. The van der Waals surface area contributed by atoms with Crippen molar-refractivity contribution in [1.29, 1.82) is 0 Å². The Morgan fingerprint density at radius 2 is 2.33 bits per heavy atom. The smallest absolute Gasteiger partial charge is 0.122 e. The van der Waals surface area contributed by atoms with Crippen LogP contribution in [0.2, 0.25) is 0 Å². The van der Waals surface area contributed by atoms with Gasteiger partial charge in [0.2, 0.25) is 0 Å². The van der Waals surface area contributed by atoms with Gasteiger partial charge in [-0.05, 0) is 24.1 Å². The second kappa shape index (κ2) is 6.34. The molecular weight excluding hydrogens is 246 g/mol. The third kappa shape index (κ3) is 3.33. The van der Waals surface area contributed by atoms with Crippen molar-refractivity contribution in [3.05, 3.63) is 29.3 Å². The minimum Gasteiger partial charge on any atom is -0.493 e. The van der Waals surface area contributed by atoms with Crippen molar-refractivity contribution >= 4 is 10.8 Å². The van der Waals surface area contributed by atoms with Gasteiger partial charge in [-0.3, -0.25) is 4.21 Å². The Kier molecular flexibility index (Phi) is 4.78. The van der Waals surface area contributed by atoms with Crippen molar-refractivity contribution < 1.29 is 8.95 Å². The minimum atomic E-state index is -0.682. The normalized spacial score (nSPS) is 17.0. The van der Waals surface area contributed by atoms with Crippen molar-refractivity contribution in [1.82, 2.24) is 5.32 Å². The van der Waals surface area contributed by atoms with Gasteiger partial charge in [0.05, 0.1) is 6.61 Å². The molecule has 2 atom stereocenters. The third-order valence-electron chi connectivity index (χ3n) is 3.32. The van der Waals surface area contributed by atoms with Crippen molar-refractivity contribution in [3.63, 3.8) is 0 Å². The van der Waals surface area contributed by atoms with E-state index in [-0.39, 0.29) is 0 Å². The minimum absolute atomic E-state index is 0.296. The fourth-order valence-corrected chi connectivity index (χ4v) is 2.76. The van der Waals surface area contributed by atoms with Gasteiger partial charge in [0.15, 0.2) is 0 Å². The first-order valence-electron chi connectivity index (χ1n) is 6.54. The first kappa shape index (κ1) is 13.6. The molecule has 3 nitrogen and oxygen atoms in total.